The van der Waals surface area contributed by atoms with Gasteiger partial charge in [0.15, 0.2) is 0 Å². The SMILES string of the molecule is Nc1n[nH]c(CCNC(=O)c2cn(-c3ccccc3)nc2-c2ccccc2)n1. The van der Waals surface area contributed by atoms with E-state index in [2.05, 4.69) is 25.6 Å². The fraction of sp³-hybridized carbons (Fsp3) is 0.100. The Morgan fingerprint density at radius 3 is 2.46 bits per heavy atom. The Kier molecular flexibility index (Phi) is 4.83. The first-order valence-corrected chi connectivity index (χ1v) is 8.86. The Hall–Kier alpha value is -3.94. The van der Waals surface area contributed by atoms with Crippen molar-refractivity contribution >= 4 is 11.9 Å². The monoisotopic (exact) mass is 373 g/mol. The number of amides is 1. The molecule has 0 aliphatic carbocycles. The Balaban J connectivity index is 1.59. The van der Waals surface area contributed by atoms with E-state index in [9.17, 15) is 4.79 Å². The van der Waals surface area contributed by atoms with Crippen LogP contribution in [0.15, 0.2) is 66.9 Å². The van der Waals surface area contributed by atoms with Crippen LogP contribution in [0, 0.1) is 0 Å². The lowest BCUT2D eigenvalue weighted by atomic mass is 10.1. The molecule has 4 rings (SSSR count). The summed E-state index contributed by atoms with van der Waals surface area (Å²) in [7, 11) is 0. The molecule has 8 heteroatoms. The van der Waals surface area contributed by atoms with Gasteiger partial charge in [-0.25, -0.2) is 4.68 Å². The van der Waals surface area contributed by atoms with Crippen molar-refractivity contribution in [1.29, 1.82) is 0 Å². The van der Waals surface area contributed by atoms with Crippen LogP contribution < -0.4 is 11.1 Å². The maximum Gasteiger partial charge on any atom is 0.255 e. The molecular formula is C20H19N7O. The molecule has 0 unspecified atom stereocenters. The number of nitrogens with one attached hydrogen (secondary N) is 2. The van der Waals surface area contributed by atoms with Crippen LogP contribution >= 0.6 is 0 Å². The summed E-state index contributed by atoms with van der Waals surface area (Å²) in [6, 6.07) is 19.3. The number of carbonyl (C=O) groups is 1. The van der Waals surface area contributed by atoms with E-state index in [0.29, 0.717) is 30.0 Å². The molecule has 2 aromatic heterocycles. The van der Waals surface area contributed by atoms with Crippen LogP contribution in [0.1, 0.15) is 16.2 Å². The first-order valence-electron chi connectivity index (χ1n) is 8.86. The number of anilines is 1. The molecule has 140 valence electrons. The number of nitrogens with zero attached hydrogens (tertiary/aromatic N) is 4. The fourth-order valence-electron chi connectivity index (χ4n) is 2.87. The number of hydrogen-bond acceptors (Lipinski definition) is 5. The van der Waals surface area contributed by atoms with Crippen LogP contribution in [0.4, 0.5) is 5.95 Å². The lowest BCUT2D eigenvalue weighted by Gasteiger charge is -2.04. The van der Waals surface area contributed by atoms with Crippen molar-refractivity contribution in [3.63, 3.8) is 0 Å². The highest BCUT2D eigenvalue weighted by Crippen LogP contribution is 2.23. The van der Waals surface area contributed by atoms with Gasteiger partial charge >= 0.3 is 0 Å². The van der Waals surface area contributed by atoms with Crippen LogP contribution in [0.25, 0.3) is 16.9 Å². The van der Waals surface area contributed by atoms with Gasteiger partial charge in [0.05, 0.1) is 11.3 Å². The third-order valence-electron chi connectivity index (χ3n) is 4.22. The van der Waals surface area contributed by atoms with Gasteiger partial charge < -0.3 is 11.1 Å². The minimum absolute atomic E-state index is 0.192. The van der Waals surface area contributed by atoms with Crippen LogP contribution in [-0.4, -0.2) is 37.4 Å². The summed E-state index contributed by atoms with van der Waals surface area (Å²) in [5.41, 5.74) is 8.39. The first kappa shape index (κ1) is 17.5. The summed E-state index contributed by atoms with van der Waals surface area (Å²) in [5.74, 6) is 0.617. The van der Waals surface area contributed by atoms with E-state index < -0.39 is 0 Å². The van der Waals surface area contributed by atoms with E-state index >= 15 is 0 Å². The summed E-state index contributed by atoms with van der Waals surface area (Å²) < 4.78 is 1.72. The normalized spacial score (nSPS) is 10.7. The van der Waals surface area contributed by atoms with Crippen molar-refractivity contribution in [2.24, 2.45) is 0 Å². The molecular weight excluding hydrogens is 354 g/mol. The molecule has 4 N–H and O–H groups in total. The van der Waals surface area contributed by atoms with E-state index in [0.717, 1.165) is 11.3 Å². The molecule has 0 saturated heterocycles. The lowest BCUT2D eigenvalue weighted by Crippen LogP contribution is -2.26. The van der Waals surface area contributed by atoms with E-state index in [1.807, 2.05) is 60.7 Å². The van der Waals surface area contributed by atoms with E-state index in [1.54, 1.807) is 10.9 Å². The molecule has 2 heterocycles. The van der Waals surface area contributed by atoms with E-state index in [4.69, 9.17) is 5.73 Å². The maximum atomic E-state index is 12.8. The zero-order valence-corrected chi connectivity index (χ0v) is 15.0. The number of carbonyl (C=O) groups excluding carboxylic acids is 1. The largest absolute Gasteiger partial charge is 0.367 e. The number of rotatable bonds is 6. The Bertz CT molecular complexity index is 1070. The summed E-state index contributed by atoms with van der Waals surface area (Å²) in [4.78, 5) is 16.9. The molecule has 0 bridgehead atoms. The molecule has 0 spiro atoms. The molecule has 0 radical (unpaired) electrons. The van der Waals surface area contributed by atoms with Gasteiger partial charge in [0.1, 0.15) is 11.5 Å². The molecule has 2 aromatic carbocycles. The van der Waals surface area contributed by atoms with Crippen molar-refractivity contribution in [1.82, 2.24) is 30.3 Å². The van der Waals surface area contributed by atoms with Crippen molar-refractivity contribution in [2.75, 3.05) is 12.3 Å². The number of para-hydroxylation sites is 1. The molecule has 0 fully saturated rings. The van der Waals surface area contributed by atoms with Gasteiger partial charge in [-0.05, 0) is 12.1 Å². The highest BCUT2D eigenvalue weighted by molar-refractivity contribution is 5.99. The quantitative estimate of drug-likeness (QED) is 0.479. The average Bonchev–Trinajstić information content (AvgIpc) is 3.36. The summed E-state index contributed by atoms with van der Waals surface area (Å²) in [6.07, 6.45) is 2.25. The van der Waals surface area contributed by atoms with Crippen molar-refractivity contribution < 1.29 is 4.79 Å². The van der Waals surface area contributed by atoms with Gasteiger partial charge in [-0.2, -0.15) is 10.1 Å². The maximum absolute atomic E-state index is 12.8. The molecule has 0 aliphatic heterocycles. The topological polar surface area (TPSA) is 115 Å². The van der Waals surface area contributed by atoms with Gasteiger partial charge in [0.2, 0.25) is 5.95 Å². The predicted octanol–water partition coefficient (Wildman–Crippen LogP) is 2.21. The molecule has 8 nitrogen and oxygen atoms in total. The number of hydrogen-bond donors (Lipinski definition) is 3. The van der Waals surface area contributed by atoms with Crippen LogP contribution in [0.2, 0.25) is 0 Å². The summed E-state index contributed by atoms with van der Waals surface area (Å²) >= 11 is 0. The number of nitrogen functional groups attached to an aromatic ring is 1. The molecule has 28 heavy (non-hydrogen) atoms. The average molecular weight is 373 g/mol. The van der Waals surface area contributed by atoms with Crippen molar-refractivity contribution in [3.8, 4) is 16.9 Å². The summed E-state index contributed by atoms with van der Waals surface area (Å²) in [6.45, 7) is 0.401. The number of benzene rings is 2. The number of aromatic nitrogens is 5. The zero-order valence-electron chi connectivity index (χ0n) is 15.0. The number of aromatic amines is 1. The third kappa shape index (κ3) is 3.75. The Morgan fingerprint density at radius 2 is 1.79 bits per heavy atom. The van der Waals surface area contributed by atoms with Gasteiger partial charge in [0, 0.05) is 24.7 Å². The molecule has 1 amide bonds. The standard InChI is InChI=1S/C20H19N7O/c21-20-23-17(24-25-20)11-12-22-19(28)16-13-27(15-9-5-2-6-10-15)26-18(16)14-7-3-1-4-8-14/h1-10,13H,11-12H2,(H,22,28)(H3,21,23,24,25). The van der Waals surface area contributed by atoms with Crippen LogP contribution in [0.5, 0.6) is 0 Å². The van der Waals surface area contributed by atoms with E-state index in [-0.39, 0.29) is 11.9 Å². The second-order valence-corrected chi connectivity index (χ2v) is 6.18. The lowest BCUT2D eigenvalue weighted by molar-refractivity contribution is 0.0954. The van der Waals surface area contributed by atoms with Gasteiger partial charge in [0.25, 0.3) is 5.91 Å². The highest BCUT2D eigenvalue weighted by atomic mass is 16.1. The highest BCUT2D eigenvalue weighted by Gasteiger charge is 2.18. The molecule has 4 aromatic rings. The predicted molar refractivity (Wildman–Crippen MR) is 106 cm³/mol. The Labute approximate surface area is 161 Å². The smallest absolute Gasteiger partial charge is 0.255 e. The fourth-order valence-corrected chi connectivity index (χ4v) is 2.87. The Morgan fingerprint density at radius 1 is 1.07 bits per heavy atom. The van der Waals surface area contributed by atoms with Crippen LogP contribution in [-0.2, 0) is 6.42 Å². The van der Waals surface area contributed by atoms with Gasteiger partial charge in [-0.15, -0.1) is 5.10 Å². The molecule has 0 aliphatic rings. The van der Waals surface area contributed by atoms with Gasteiger partial charge in [-0.3, -0.25) is 9.89 Å². The molecule has 0 atom stereocenters. The third-order valence-corrected chi connectivity index (χ3v) is 4.22. The van der Waals surface area contributed by atoms with Crippen molar-refractivity contribution in [2.45, 2.75) is 6.42 Å². The van der Waals surface area contributed by atoms with E-state index in [1.165, 1.54) is 0 Å². The summed E-state index contributed by atoms with van der Waals surface area (Å²) in [5, 5.41) is 14.1. The minimum Gasteiger partial charge on any atom is -0.367 e. The second-order valence-electron chi connectivity index (χ2n) is 6.18. The van der Waals surface area contributed by atoms with Gasteiger partial charge in [-0.1, -0.05) is 48.5 Å². The number of nitrogens with two attached hydrogens (primary N) is 1. The van der Waals surface area contributed by atoms with Crippen LogP contribution in [0.3, 0.4) is 0 Å². The molecule has 0 saturated carbocycles. The second kappa shape index (κ2) is 7.75. The number of H-pyrrole nitrogens is 1. The zero-order chi connectivity index (χ0) is 19.3. The van der Waals surface area contributed by atoms with Crippen molar-refractivity contribution in [3.05, 3.63) is 78.2 Å². The minimum atomic E-state index is -0.200. The first-order chi connectivity index (χ1) is 13.7.